The molecule has 7 nitrogen and oxygen atoms in total. The highest BCUT2D eigenvalue weighted by Crippen LogP contribution is 2.04. The maximum absolute atomic E-state index is 9.96. The second kappa shape index (κ2) is 19.3. The molecular formula is C18H34N2O5. The number of nitrogens with zero attached hydrogens (tertiary/aromatic N) is 1. The van der Waals surface area contributed by atoms with Gasteiger partial charge in [-0.2, -0.15) is 0 Å². The SMILES string of the molecule is C#CCOCCOCCOCCOCCC=O.CN1CCC(N)CC1. The molecule has 0 radical (unpaired) electrons. The number of terminal acetylenes is 1. The molecular weight excluding hydrogens is 324 g/mol. The Labute approximate surface area is 152 Å². The van der Waals surface area contributed by atoms with Crippen LogP contribution in [0.3, 0.4) is 0 Å². The summed E-state index contributed by atoms with van der Waals surface area (Å²) in [7, 11) is 2.14. The van der Waals surface area contributed by atoms with E-state index in [0.717, 1.165) is 6.29 Å². The van der Waals surface area contributed by atoms with Crippen LogP contribution < -0.4 is 5.73 Å². The first-order chi connectivity index (χ1) is 12.2. The molecule has 1 aliphatic rings. The summed E-state index contributed by atoms with van der Waals surface area (Å²) in [6.07, 6.45) is 8.62. The summed E-state index contributed by atoms with van der Waals surface area (Å²) in [5.41, 5.74) is 5.67. The van der Waals surface area contributed by atoms with Crippen LogP contribution in [0.15, 0.2) is 0 Å². The summed E-state index contributed by atoms with van der Waals surface area (Å²) < 4.78 is 20.6. The lowest BCUT2D eigenvalue weighted by molar-refractivity contribution is -0.108. The van der Waals surface area contributed by atoms with Gasteiger partial charge in [0.25, 0.3) is 0 Å². The van der Waals surface area contributed by atoms with Crippen molar-refractivity contribution in [3.05, 3.63) is 0 Å². The number of ether oxygens (including phenoxy) is 4. The first-order valence-electron chi connectivity index (χ1n) is 8.83. The molecule has 0 aromatic carbocycles. The number of rotatable bonds is 13. The molecule has 0 saturated carbocycles. The molecule has 1 aliphatic heterocycles. The van der Waals surface area contributed by atoms with E-state index in [0.29, 0.717) is 65.3 Å². The quantitative estimate of drug-likeness (QED) is 0.288. The molecule has 0 amide bonds. The van der Waals surface area contributed by atoms with E-state index in [1.54, 1.807) is 0 Å². The van der Waals surface area contributed by atoms with Crippen LogP contribution in [0.5, 0.6) is 0 Å². The number of nitrogens with two attached hydrogens (primary N) is 1. The Kier molecular flexibility index (Phi) is 18.5. The van der Waals surface area contributed by atoms with Gasteiger partial charge in [-0.3, -0.25) is 0 Å². The largest absolute Gasteiger partial charge is 0.379 e. The van der Waals surface area contributed by atoms with Crippen LogP contribution >= 0.6 is 0 Å². The fourth-order valence-corrected chi connectivity index (χ4v) is 1.95. The van der Waals surface area contributed by atoms with Gasteiger partial charge >= 0.3 is 0 Å². The molecule has 0 atom stereocenters. The molecule has 25 heavy (non-hydrogen) atoms. The van der Waals surface area contributed by atoms with Crippen molar-refractivity contribution in [2.24, 2.45) is 5.73 Å². The zero-order chi connectivity index (χ0) is 18.6. The van der Waals surface area contributed by atoms with Gasteiger partial charge in [0, 0.05) is 12.5 Å². The standard InChI is InChI=1S/C12H20O5.C6H14N2/c1-2-5-14-7-9-16-11-12-17-10-8-15-6-3-4-13;1-8-4-2-6(7)3-5-8/h1,4H,3,5-12H2;6H,2-5,7H2,1H3. The van der Waals surface area contributed by atoms with E-state index in [9.17, 15) is 4.79 Å². The number of hydrogen-bond acceptors (Lipinski definition) is 7. The first kappa shape index (κ1) is 24.0. The fourth-order valence-electron chi connectivity index (χ4n) is 1.95. The third-order valence-electron chi connectivity index (χ3n) is 3.44. The second-order valence-corrected chi connectivity index (χ2v) is 5.69. The molecule has 1 rings (SSSR count). The van der Waals surface area contributed by atoms with Gasteiger partial charge in [-0.25, -0.2) is 0 Å². The normalized spacial score (nSPS) is 15.2. The van der Waals surface area contributed by atoms with E-state index < -0.39 is 0 Å². The minimum Gasteiger partial charge on any atom is -0.379 e. The van der Waals surface area contributed by atoms with Crippen LogP contribution in [0, 0.1) is 12.3 Å². The Hall–Kier alpha value is -1.01. The highest BCUT2D eigenvalue weighted by Gasteiger charge is 2.11. The summed E-state index contributed by atoms with van der Waals surface area (Å²) >= 11 is 0. The second-order valence-electron chi connectivity index (χ2n) is 5.69. The van der Waals surface area contributed by atoms with Crippen molar-refractivity contribution < 1.29 is 23.7 Å². The highest BCUT2D eigenvalue weighted by molar-refractivity contribution is 5.49. The Morgan fingerprint density at radius 1 is 1.00 bits per heavy atom. The monoisotopic (exact) mass is 358 g/mol. The first-order valence-corrected chi connectivity index (χ1v) is 8.83. The van der Waals surface area contributed by atoms with Crippen LogP contribution in [-0.2, 0) is 23.7 Å². The number of carbonyl (C=O) groups is 1. The number of hydrogen-bond donors (Lipinski definition) is 1. The zero-order valence-corrected chi connectivity index (χ0v) is 15.5. The van der Waals surface area contributed by atoms with Crippen LogP contribution in [0.25, 0.3) is 0 Å². The van der Waals surface area contributed by atoms with Crippen LogP contribution in [-0.4, -0.2) is 90.2 Å². The van der Waals surface area contributed by atoms with Crippen molar-refractivity contribution in [1.82, 2.24) is 4.90 Å². The summed E-state index contributed by atoms with van der Waals surface area (Å²) in [5, 5.41) is 0. The summed E-state index contributed by atoms with van der Waals surface area (Å²) in [5.74, 6) is 2.37. The van der Waals surface area contributed by atoms with Crippen LogP contribution in [0.4, 0.5) is 0 Å². The molecule has 1 heterocycles. The Morgan fingerprint density at radius 2 is 1.48 bits per heavy atom. The van der Waals surface area contributed by atoms with E-state index >= 15 is 0 Å². The van der Waals surface area contributed by atoms with Crippen LogP contribution in [0.2, 0.25) is 0 Å². The topological polar surface area (TPSA) is 83.2 Å². The predicted octanol–water partition coefficient (Wildman–Crippen LogP) is 0.314. The molecule has 1 fully saturated rings. The number of piperidine rings is 1. The summed E-state index contributed by atoms with van der Waals surface area (Å²) in [4.78, 5) is 12.3. The average Bonchev–Trinajstić information content (AvgIpc) is 2.62. The van der Waals surface area contributed by atoms with Crippen molar-refractivity contribution in [3.63, 3.8) is 0 Å². The van der Waals surface area contributed by atoms with E-state index in [4.69, 9.17) is 31.1 Å². The van der Waals surface area contributed by atoms with Crippen molar-refractivity contribution >= 4 is 6.29 Å². The maximum Gasteiger partial charge on any atom is 0.122 e. The fraction of sp³-hybridized carbons (Fsp3) is 0.833. The van der Waals surface area contributed by atoms with Gasteiger partial charge in [0.2, 0.25) is 0 Å². The Balaban J connectivity index is 0.000000593. The van der Waals surface area contributed by atoms with Gasteiger partial charge in [0.05, 0.1) is 46.2 Å². The number of carbonyl (C=O) groups excluding carboxylic acids is 1. The summed E-state index contributed by atoms with van der Waals surface area (Å²) in [6, 6.07) is 0.478. The molecule has 0 aliphatic carbocycles. The van der Waals surface area contributed by atoms with Crippen LogP contribution in [0.1, 0.15) is 19.3 Å². The van der Waals surface area contributed by atoms with Gasteiger partial charge in [0.1, 0.15) is 12.9 Å². The molecule has 0 aromatic heterocycles. The summed E-state index contributed by atoms with van der Waals surface area (Å²) in [6.45, 7) is 6.20. The maximum atomic E-state index is 9.96. The lowest BCUT2D eigenvalue weighted by Gasteiger charge is -2.25. The average molecular weight is 358 g/mol. The lowest BCUT2D eigenvalue weighted by atomic mass is 10.1. The Morgan fingerprint density at radius 3 is 1.92 bits per heavy atom. The van der Waals surface area contributed by atoms with E-state index in [2.05, 4.69) is 17.9 Å². The molecule has 146 valence electrons. The highest BCUT2D eigenvalue weighted by atomic mass is 16.6. The Bertz CT molecular complexity index is 318. The van der Waals surface area contributed by atoms with Gasteiger partial charge in [-0.05, 0) is 33.0 Å². The van der Waals surface area contributed by atoms with Gasteiger partial charge in [-0.1, -0.05) is 5.92 Å². The van der Waals surface area contributed by atoms with Gasteiger partial charge in [0.15, 0.2) is 0 Å². The van der Waals surface area contributed by atoms with Gasteiger partial charge in [-0.15, -0.1) is 6.42 Å². The molecule has 0 spiro atoms. The molecule has 0 bridgehead atoms. The third kappa shape index (κ3) is 19.2. The van der Waals surface area contributed by atoms with E-state index in [1.807, 2.05) is 0 Å². The molecule has 2 N–H and O–H groups in total. The molecule has 1 saturated heterocycles. The van der Waals surface area contributed by atoms with Crippen molar-refractivity contribution in [2.75, 3.05) is 73.0 Å². The number of aldehydes is 1. The smallest absolute Gasteiger partial charge is 0.122 e. The van der Waals surface area contributed by atoms with Crippen molar-refractivity contribution in [1.29, 1.82) is 0 Å². The minimum absolute atomic E-state index is 0.317. The third-order valence-corrected chi connectivity index (χ3v) is 3.44. The van der Waals surface area contributed by atoms with Crippen molar-refractivity contribution in [2.45, 2.75) is 25.3 Å². The molecule has 7 heteroatoms. The van der Waals surface area contributed by atoms with E-state index in [-0.39, 0.29) is 0 Å². The molecule has 0 aromatic rings. The van der Waals surface area contributed by atoms with Crippen molar-refractivity contribution in [3.8, 4) is 12.3 Å². The van der Waals surface area contributed by atoms with E-state index in [1.165, 1.54) is 25.9 Å². The molecule has 0 unspecified atom stereocenters. The lowest BCUT2D eigenvalue weighted by Crippen LogP contribution is -2.37. The zero-order valence-electron chi connectivity index (χ0n) is 15.5. The number of likely N-dealkylation sites (tertiary alicyclic amines) is 1. The predicted molar refractivity (Wildman–Crippen MR) is 97.5 cm³/mol. The minimum atomic E-state index is 0.317. The van der Waals surface area contributed by atoms with Gasteiger partial charge < -0.3 is 34.4 Å².